The number of aliphatic hydroxyl groups is 4. The van der Waals surface area contributed by atoms with Gasteiger partial charge in [0, 0.05) is 13.1 Å². The molecule has 0 bridgehead atoms. The molecule has 0 aliphatic carbocycles. The van der Waals surface area contributed by atoms with Gasteiger partial charge in [-0.1, -0.05) is 0 Å². The van der Waals surface area contributed by atoms with Crippen LogP contribution in [0.5, 0.6) is 0 Å². The Hall–Kier alpha value is -0.200. The van der Waals surface area contributed by atoms with Gasteiger partial charge in [0.15, 0.2) is 0 Å². The van der Waals surface area contributed by atoms with Gasteiger partial charge in [0.2, 0.25) is 0 Å². The Morgan fingerprint density at radius 3 is 2.62 bits per heavy atom. The molecule has 0 amide bonds. The highest BCUT2D eigenvalue weighted by atomic mass is 16.3. The fourth-order valence-electron chi connectivity index (χ4n) is 1.69. The van der Waals surface area contributed by atoms with Crippen LogP contribution in [0, 0.1) is 0 Å². The summed E-state index contributed by atoms with van der Waals surface area (Å²) >= 11 is 0. The molecule has 4 N–H and O–H groups in total. The zero-order valence-corrected chi connectivity index (χ0v) is 7.50. The van der Waals surface area contributed by atoms with Crippen LogP contribution >= 0.6 is 0 Å². The highest BCUT2D eigenvalue weighted by Gasteiger charge is 2.32. The summed E-state index contributed by atoms with van der Waals surface area (Å²) < 4.78 is 0. The van der Waals surface area contributed by atoms with Crippen LogP contribution < -0.4 is 0 Å². The van der Waals surface area contributed by atoms with Crippen LogP contribution in [0.15, 0.2) is 0 Å². The van der Waals surface area contributed by atoms with E-state index in [1.165, 1.54) is 0 Å². The maximum atomic E-state index is 9.40. The molecule has 1 fully saturated rings. The molecule has 0 radical (unpaired) electrons. The van der Waals surface area contributed by atoms with Gasteiger partial charge >= 0.3 is 0 Å². The second kappa shape index (κ2) is 4.88. The zero-order valence-electron chi connectivity index (χ0n) is 7.50. The number of β-amino-alcohol motifs (C(OH)–C–C–N with tert-alkyl or cyclic N) is 1. The lowest BCUT2D eigenvalue weighted by Gasteiger charge is -2.25. The third kappa shape index (κ3) is 2.62. The molecule has 1 heterocycles. The van der Waals surface area contributed by atoms with Crippen molar-refractivity contribution >= 4 is 0 Å². The van der Waals surface area contributed by atoms with Gasteiger partial charge in [-0.05, 0) is 6.42 Å². The third-order valence-electron chi connectivity index (χ3n) is 2.47. The molecule has 0 unspecified atom stereocenters. The molecule has 0 aromatic rings. The minimum Gasteiger partial charge on any atom is -0.395 e. The van der Waals surface area contributed by atoms with E-state index in [1.54, 1.807) is 4.90 Å². The van der Waals surface area contributed by atoms with Crippen molar-refractivity contribution in [2.45, 2.75) is 24.7 Å². The maximum absolute atomic E-state index is 9.40. The molecule has 1 saturated heterocycles. The number of aliphatic hydroxyl groups excluding tert-OH is 4. The highest BCUT2D eigenvalue weighted by molar-refractivity contribution is 4.87. The Balaban J connectivity index is 2.41. The largest absolute Gasteiger partial charge is 0.395 e. The Morgan fingerprint density at radius 1 is 1.38 bits per heavy atom. The van der Waals surface area contributed by atoms with Gasteiger partial charge in [0.25, 0.3) is 0 Å². The van der Waals surface area contributed by atoms with Gasteiger partial charge in [-0.3, -0.25) is 4.90 Å². The first kappa shape index (κ1) is 10.9. The predicted octanol–water partition coefficient (Wildman–Crippen LogP) is -2.23. The topological polar surface area (TPSA) is 84.2 Å². The monoisotopic (exact) mass is 191 g/mol. The van der Waals surface area contributed by atoms with Gasteiger partial charge in [0.05, 0.1) is 31.5 Å². The van der Waals surface area contributed by atoms with Crippen molar-refractivity contribution in [1.29, 1.82) is 0 Å². The van der Waals surface area contributed by atoms with Crippen LogP contribution in [0.25, 0.3) is 0 Å². The molecule has 0 saturated carbocycles. The average molecular weight is 191 g/mol. The van der Waals surface area contributed by atoms with Crippen molar-refractivity contribution < 1.29 is 20.4 Å². The van der Waals surface area contributed by atoms with Crippen LogP contribution in [0.3, 0.4) is 0 Å². The molecular formula is C8H17NO4. The smallest absolute Gasteiger partial charge is 0.0897 e. The second-order valence-corrected chi connectivity index (χ2v) is 3.44. The maximum Gasteiger partial charge on any atom is 0.0897 e. The van der Waals surface area contributed by atoms with Crippen LogP contribution in [-0.2, 0) is 0 Å². The normalized spacial score (nSPS) is 32.3. The summed E-state index contributed by atoms with van der Waals surface area (Å²) in [4.78, 5) is 1.80. The summed E-state index contributed by atoms with van der Waals surface area (Å²) in [6.07, 6.45) is -0.696. The molecule has 1 rings (SSSR count). The summed E-state index contributed by atoms with van der Waals surface area (Å²) in [5.41, 5.74) is 0. The first-order valence-corrected chi connectivity index (χ1v) is 4.51. The molecule has 0 aromatic heterocycles. The highest BCUT2D eigenvalue weighted by Crippen LogP contribution is 2.17. The minimum atomic E-state index is -0.792. The Labute approximate surface area is 77.2 Å². The number of rotatable bonds is 4. The summed E-state index contributed by atoms with van der Waals surface area (Å²) in [6.45, 7) is 0.562. The molecule has 1 aliphatic heterocycles. The molecule has 3 atom stereocenters. The molecule has 13 heavy (non-hydrogen) atoms. The van der Waals surface area contributed by atoms with E-state index in [-0.39, 0.29) is 19.3 Å². The quantitative estimate of drug-likeness (QED) is 0.404. The summed E-state index contributed by atoms with van der Waals surface area (Å²) in [5, 5.41) is 36.1. The van der Waals surface area contributed by atoms with E-state index in [0.717, 1.165) is 0 Å². The van der Waals surface area contributed by atoms with E-state index >= 15 is 0 Å². The fourth-order valence-corrected chi connectivity index (χ4v) is 1.69. The third-order valence-corrected chi connectivity index (χ3v) is 2.47. The van der Waals surface area contributed by atoms with Crippen molar-refractivity contribution in [3.05, 3.63) is 0 Å². The van der Waals surface area contributed by atoms with Crippen LogP contribution in [0.4, 0.5) is 0 Å². The lowest BCUT2D eigenvalue weighted by molar-refractivity contribution is 0.0243. The average Bonchev–Trinajstić information content (AvgIpc) is 2.46. The first-order chi connectivity index (χ1) is 6.19. The van der Waals surface area contributed by atoms with E-state index in [0.29, 0.717) is 19.5 Å². The molecule has 0 aromatic carbocycles. The molecule has 78 valence electrons. The second-order valence-electron chi connectivity index (χ2n) is 3.44. The SMILES string of the molecule is OC[C@@H](O)CN1CC[C@H](O)[C@@H]1CO. The standard InChI is InChI=1S/C8H17NO4/c10-4-6(12)3-9-2-1-8(13)7(9)5-11/h6-8,10-13H,1-5H2/t6-,7-,8-/m0/s1. The van der Waals surface area contributed by atoms with Gasteiger partial charge in [-0.15, -0.1) is 0 Å². The van der Waals surface area contributed by atoms with E-state index in [4.69, 9.17) is 15.3 Å². The number of nitrogens with zero attached hydrogens (tertiary/aromatic N) is 1. The Bertz CT molecular complexity index is 155. The van der Waals surface area contributed by atoms with Crippen molar-refractivity contribution in [2.75, 3.05) is 26.3 Å². The lowest BCUT2D eigenvalue weighted by Crippen LogP contribution is -2.42. The van der Waals surface area contributed by atoms with E-state index < -0.39 is 12.2 Å². The van der Waals surface area contributed by atoms with Crippen LogP contribution in [-0.4, -0.2) is 69.9 Å². The number of hydrogen-bond acceptors (Lipinski definition) is 5. The summed E-state index contributed by atoms with van der Waals surface area (Å²) in [6, 6.07) is -0.291. The Morgan fingerprint density at radius 2 is 2.08 bits per heavy atom. The molecular weight excluding hydrogens is 174 g/mol. The van der Waals surface area contributed by atoms with Gasteiger partial charge < -0.3 is 20.4 Å². The predicted molar refractivity (Wildman–Crippen MR) is 46.2 cm³/mol. The summed E-state index contributed by atoms with van der Waals surface area (Å²) in [7, 11) is 0. The molecule has 5 heteroatoms. The number of hydrogen-bond donors (Lipinski definition) is 4. The van der Waals surface area contributed by atoms with E-state index in [9.17, 15) is 5.11 Å². The molecule has 0 spiro atoms. The van der Waals surface area contributed by atoms with Gasteiger partial charge in [-0.2, -0.15) is 0 Å². The molecule has 1 aliphatic rings. The van der Waals surface area contributed by atoms with Crippen LogP contribution in [0.2, 0.25) is 0 Å². The zero-order chi connectivity index (χ0) is 9.84. The Kier molecular flexibility index (Phi) is 4.08. The van der Waals surface area contributed by atoms with E-state index in [2.05, 4.69) is 0 Å². The van der Waals surface area contributed by atoms with Gasteiger partial charge in [-0.25, -0.2) is 0 Å². The van der Waals surface area contributed by atoms with Crippen molar-refractivity contribution in [2.24, 2.45) is 0 Å². The molecule has 5 nitrogen and oxygen atoms in total. The van der Waals surface area contributed by atoms with Crippen molar-refractivity contribution in [3.63, 3.8) is 0 Å². The lowest BCUT2D eigenvalue weighted by atomic mass is 10.2. The minimum absolute atomic E-state index is 0.112. The van der Waals surface area contributed by atoms with Crippen LogP contribution in [0.1, 0.15) is 6.42 Å². The number of likely N-dealkylation sites (tertiary alicyclic amines) is 1. The summed E-state index contributed by atoms with van der Waals surface area (Å²) in [5.74, 6) is 0. The van der Waals surface area contributed by atoms with Crippen molar-refractivity contribution in [3.8, 4) is 0 Å². The van der Waals surface area contributed by atoms with Gasteiger partial charge in [0.1, 0.15) is 0 Å². The first-order valence-electron chi connectivity index (χ1n) is 4.51. The van der Waals surface area contributed by atoms with Crippen molar-refractivity contribution in [1.82, 2.24) is 4.90 Å². The van der Waals surface area contributed by atoms with E-state index in [1.807, 2.05) is 0 Å². The fraction of sp³-hybridized carbons (Fsp3) is 1.00.